The van der Waals surface area contributed by atoms with Crippen molar-refractivity contribution in [1.82, 2.24) is 5.32 Å². The Morgan fingerprint density at radius 3 is 2.58 bits per heavy atom. The topological polar surface area (TPSA) is 54.3 Å². The molecule has 0 aliphatic heterocycles. The van der Waals surface area contributed by atoms with Gasteiger partial charge in [-0.3, -0.25) is 0 Å². The number of nitrogens with zero attached hydrogens (tertiary/aromatic N) is 1. The van der Waals surface area contributed by atoms with Crippen molar-refractivity contribution in [2.45, 2.75) is 38.8 Å². The summed E-state index contributed by atoms with van der Waals surface area (Å²) in [4.78, 5) is 0. The van der Waals surface area contributed by atoms with Crippen molar-refractivity contribution in [2.75, 3.05) is 13.7 Å². The van der Waals surface area contributed by atoms with E-state index in [1.54, 1.807) is 7.11 Å². The molecule has 1 unspecified atom stereocenters. The number of nitriles is 1. The highest BCUT2D eigenvalue weighted by Crippen LogP contribution is 2.29. The highest BCUT2D eigenvalue weighted by molar-refractivity contribution is 6.30. The Morgan fingerprint density at radius 2 is 1.92 bits per heavy atom. The first-order valence-corrected chi connectivity index (χ1v) is 9.21. The molecule has 4 nitrogen and oxygen atoms in total. The summed E-state index contributed by atoms with van der Waals surface area (Å²) in [5, 5.41) is 12.9. The van der Waals surface area contributed by atoms with Gasteiger partial charge in [-0.2, -0.15) is 5.26 Å². The van der Waals surface area contributed by atoms with Crippen LogP contribution in [-0.4, -0.2) is 13.7 Å². The summed E-state index contributed by atoms with van der Waals surface area (Å²) in [5.41, 5.74) is 2.34. The molecule has 1 N–H and O–H groups in total. The largest absolute Gasteiger partial charge is 0.493 e. The van der Waals surface area contributed by atoms with Crippen LogP contribution in [0.5, 0.6) is 11.5 Å². The van der Waals surface area contributed by atoms with Crippen LogP contribution < -0.4 is 14.8 Å². The highest BCUT2D eigenvalue weighted by atomic mass is 35.5. The Morgan fingerprint density at radius 1 is 1.15 bits per heavy atom. The van der Waals surface area contributed by atoms with Gasteiger partial charge in [-0.15, -0.1) is 0 Å². The predicted octanol–water partition coefficient (Wildman–Crippen LogP) is 5.27. The molecule has 0 aliphatic rings. The molecule has 2 rings (SSSR count). The molecule has 5 heteroatoms. The van der Waals surface area contributed by atoms with Gasteiger partial charge in [0, 0.05) is 24.0 Å². The fourth-order valence-corrected chi connectivity index (χ4v) is 2.84. The Labute approximate surface area is 160 Å². The van der Waals surface area contributed by atoms with Gasteiger partial charge in [0.25, 0.3) is 0 Å². The van der Waals surface area contributed by atoms with E-state index in [0.29, 0.717) is 30.9 Å². The molecule has 0 saturated heterocycles. The van der Waals surface area contributed by atoms with Crippen LogP contribution in [0.25, 0.3) is 0 Å². The zero-order valence-electron chi connectivity index (χ0n) is 15.3. The summed E-state index contributed by atoms with van der Waals surface area (Å²) in [6.07, 6.45) is 2.18. The maximum absolute atomic E-state index is 8.62. The lowest BCUT2D eigenvalue weighted by atomic mass is 10.0. The summed E-state index contributed by atoms with van der Waals surface area (Å²) in [5.74, 6) is 1.42. The van der Waals surface area contributed by atoms with Gasteiger partial charge in [-0.1, -0.05) is 36.7 Å². The molecule has 0 saturated carbocycles. The first-order valence-electron chi connectivity index (χ1n) is 8.83. The molecule has 0 heterocycles. The predicted molar refractivity (Wildman–Crippen MR) is 105 cm³/mol. The van der Waals surface area contributed by atoms with Gasteiger partial charge in [0.05, 0.1) is 19.8 Å². The Hall–Kier alpha value is -2.22. The lowest BCUT2D eigenvalue weighted by Crippen LogP contribution is -2.20. The molecule has 138 valence electrons. The number of rotatable bonds is 10. The molecule has 26 heavy (non-hydrogen) atoms. The number of methoxy groups -OCH3 is 1. The smallest absolute Gasteiger partial charge is 0.161 e. The molecule has 0 spiro atoms. The SMILES string of the molecule is CCC(NCc1ccc(OC)c(OCCCC#N)c1)c1ccc(Cl)cc1. The third-order valence-corrected chi connectivity index (χ3v) is 4.40. The van der Waals surface area contributed by atoms with Gasteiger partial charge in [-0.25, -0.2) is 0 Å². The summed E-state index contributed by atoms with van der Waals surface area (Å²) in [6, 6.07) is 16.3. The Balaban J connectivity index is 2.01. The second-order valence-electron chi connectivity index (χ2n) is 5.99. The maximum atomic E-state index is 8.62. The first-order chi connectivity index (χ1) is 12.7. The van der Waals surface area contributed by atoms with Crippen LogP contribution in [0.15, 0.2) is 42.5 Å². The zero-order chi connectivity index (χ0) is 18.8. The molecule has 1 atom stereocenters. The second kappa shape index (κ2) is 10.7. The zero-order valence-corrected chi connectivity index (χ0v) is 16.1. The van der Waals surface area contributed by atoms with Crippen LogP contribution in [0.3, 0.4) is 0 Å². The molecule has 0 aliphatic carbocycles. The van der Waals surface area contributed by atoms with Crippen molar-refractivity contribution in [2.24, 2.45) is 0 Å². The number of hydrogen-bond donors (Lipinski definition) is 1. The van der Waals surface area contributed by atoms with Crippen LogP contribution in [0.2, 0.25) is 5.02 Å². The molecular weight excluding hydrogens is 348 g/mol. The van der Waals surface area contributed by atoms with Crippen molar-refractivity contribution < 1.29 is 9.47 Å². The summed E-state index contributed by atoms with van der Waals surface area (Å²) in [6.45, 7) is 3.38. The van der Waals surface area contributed by atoms with E-state index in [-0.39, 0.29) is 6.04 Å². The van der Waals surface area contributed by atoms with Gasteiger partial charge in [0.15, 0.2) is 11.5 Å². The van der Waals surface area contributed by atoms with Crippen LogP contribution in [0.4, 0.5) is 0 Å². The van der Waals surface area contributed by atoms with Crippen LogP contribution in [-0.2, 0) is 6.54 Å². The van der Waals surface area contributed by atoms with Crippen molar-refractivity contribution in [3.63, 3.8) is 0 Å². The van der Waals surface area contributed by atoms with Gasteiger partial charge < -0.3 is 14.8 Å². The molecule has 2 aromatic carbocycles. The van der Waals surface area contributed by atoms with E-state index in [1.165, 1.54) is 5.56 Å². The number of nitrogens with one attached hydrogen (secondary N) is 1. The number of unbranched alkanes of at least 4 members (excludes halogenated alkanes) is 1. The minimum Gasteiger partial charge on any atom is -0.493 e. The molecule has 0 radical (unpaired) electrons. The van der Waals surface area contributed by atoms with Gasteiger partial charge in [0.1, 0.15) is 0 Å². The number of halogens is 1. The first kappa shape index (κ1) is 20.1. The quantitative estimate of drug-likeness (QED) is 0.577. The fraction of sp³-hybridized carbons (Fsp3) is 0.381. The average molecular weight is 373 g/mol. The van der Waals surface area contributed by atoms with Gasteiger partial charge in [0.2, 0.25) is 0 Å². The van der Waals surface area contributed by atoms with E-state index in [2.05, 4.69) is 30.4 Å². The summed E-state index contributed by atoms with van der Waals surface area (Å²) >= 11 is 5.98. The third kappa shape index (κ3) is 5.94. The second-order valence-corrected chi connectivity index (χ2v) is 6.43. The minimum atomic E-state index is 0.259. The van der Waals surface area contributed by atoms with E-state index in [4.69, 9.17) is 26.3 Å². The van der Waals surface area contributed by atoms with Crippen molar-refractivity contribution in [3.8, 4) is 17.6 Å². The van der Waals surface area contributed by atoms with E-state index in [1.807, 2.05) is 30.3 Å². The minimum absolute atomic E-state index is 0.259. The van der Waals surface area contributed by atoms with Crippen molar-refractivity contribution in [1.29, 1.82) is 5.26 Å². The monoisotopic (exact) mass is 372 g/mol. The lowest BCUT2D eigenvalue weighted by Gasteiger charge is -2.18. The van der Waals surface area contributed by atoms with E-state index >= 15 is 0 Å². The normalized spacial score (nSPS) is 11.6. The van der Waals surface area contributed by atoms with E-state index < -0.39 is 0 Å². The number of ether oxygens (including phenoxy) is 2. The van der Waals surface area contributed by atoms with Crippen molar-refractivity contribution >= 4 is 11.6 Å². The fourth-order valence-electron chi connectivity index (χ4n) is 2.71. The van der Waals surface area contributed by atoms with Crippen LogP contribution in [0, 0.1) is 11.3 Å². The summed E-state index contributed by atoms with van der Waals surface area (Å²) < 4.78 is 11.1. The Bertz CT molecular complexity index is 726. The molecule has 0 aromatic heterocycles. The molecule has 2 aromatic rings. The lowest BCUT2D eigenvalue weighted by molar-refractivity contribution is 0.290. The molecule has 0 amide bonds. The highest BCUT2D eigenvalue weighted by Gasteiger charge is 2.10. The average Bonchev–Trinajstić information content (AvgIpc) is 2.67. The molecule has 0 fully saturated rings. The summed E-state index contributed by atoms with van der Waals surface area (Å²) in [7, 11) is 1.63. The number of hydrogen-bond acceptors (Lipinski definition) is 4. The van der Waals surface area contributed by atoms with Crippen LogP contribution >= 0.6 is 11.6 Å². The van der Waals surface area contributed by atoms with Gasteiger partial charge in [-0.05, 0) is 48.2 Å². The van der Waals surface area contributed by atoms with E-state index in [0.717, 1.165) is 23.6 Å². The maximum Gasteiger partial charge on any atom is 0.161 e. The number of benzene rings is 2. The van der Waals surface area contributed by atoms with Gasteiger partial charge >= 0.3 is 0 Å². The molecule has 0 bridgehead atoms. The van der Waals surface area contributed by atoms with E-state index in [9.17, 15) is 0 Å². The molecular formula is C21H25ClN2O2. The Kier molecular flexibility index (Phi) is 8.27. The third-order valence-electron chi connectivity index (χ3n) is 4.15. The van der Waals surface area contributed by atoms with Crippen LogP contribution in [0.1, 0.15) is 43.4 Å². The van der Waals surface area contributed by atoms with Crippen molar-refractivity contribution in [3.05, 3.63) is 58.6 Å². The standard InChI is InChI=1S/C21H25ClN2O2/c1-3-19(17-7-9-18(22)10-8-17)24-15-16-6-11-20(25-2)21(14-16)26-13-5-4-12-23/h6-11,14,19,24H,3-5,13,15H2,1-2H3.